The molecule has 1 saturated carbocycles. The van der Waals surface area contributed by atoms with E-state index in [-0.39, 0.29) is 12.3 Å². The number of aliphatic hydroxyl groups is 3. The molecule has 0 amide bonds. The molecule has 1 aliphatic rings. The van der Waals surface area contributed by atoms with Crippen LogP contribution in [0.2, 0.25) is 0 Å². The summed E-state index contributed by atoms with van der Waals surface area (Å²) in [6.07, 6.45) is -3.56. The lowest BCUT2D eigenvalue weighted by Crippen LogP contribution is -2.50. The van der Waals surface area contributed by atoms with Gasteiger partial charge < -0.3 is 15.3 Å². The highest BCUT2D eigenvalue weighted by Crippen LogP contribution is 2.21. The number of hydrogen-bond acceptors (Lipinski definition) is 4. The van der Waals surface area contributed by atoms with Crippen molar-refractivity contribution in [3.05, 3.63) is 0 Å². The van der Waals surface area contributed by atoms with Crippen molar-refractivity contribution in [3.8, 4) is 0 Å². The number of ketones is 1. The molecular formula is C7H12O4. The van der Waals surface area contributed by atoms with Crippen molar-refractivity contribution in [2.24, 2.45) is 5.92 Å². The van der Waals surface area contributed by atoms with Gasteiger partial charge >= 0.3 is 0 Å². The zero-order valence-electron chi connectivity index (χ0n) is 6.27. The number of carbonyl (C=O) groups is 1. The van der Waals surface area contributed by atoms with E-state index in [2.05, 4.69) is 0 Å². The van der Waals surface area contributed by atoms with Crippen molar-refractivity contribution in [2.45, 2.75) is 31.7 Å². The average Bonchev–Trinajstić information content (AvgIpc) is 1.97. The molecule has 64 valence electrons. The van der Waals surface area contributed by atoms with Crippen molar-refractivity contribution >= 4 is 5.78 Å². The van der Waals surface area contributed by atoms with Crippen LogP contribution in [0.15, 0.2) is 0 Å². The van der Waals surface area contributed by atoms with E-state index in [9.17, 15) is 9.90 Å². The van der Waals surface area contributed by atoms with Crippen LogP contribution in [0.4, 0.5) is 0 Å². The predicted molar refractivity (Wildman–Crippen MR) is 36.8 cm³/mol. The summed E-state index contributed by atoms with van der Waals surface area (Å²) in [5.74, 6) is -0.656. The standard InChI is InChI=1S/C7H12O4/c1-3-2-4(8)6(10)7(11)5(3)9/h3,5-7,9-11H,2H2,1H3/t3-,5-,6-,7-/m1/s1. The highest BCUT2D eigenvalue weighted by atomic mass is 16.4. The molecule has 1 aliphatic carbocycles. The summed E-state index contributed by atoms with van der Waals surface area (Å²) in [6.45, 7) is 1.66. The van der Waals surface area contributed by atoms with Crippen LogP contribution < -0.4 is 0 Å². The first-order valence-corrected chi connectivity index (χ1v) is 3.61. The smallest absolute Gasteiger partial charge is 0.164 e. The van der Waals surface area contributed by atoms with Gasteiger partial charge in [0.1, 0.15) is 12.2 Å². The minimum absolute atomic E-state index is 0.138. The maximum Gasteiger partial charge on any atom is 0.164 e. The second kappa shape index (κ2) is 2.89. The maximum absolute atomic E-state index is 10.8. The van der Waals surface area contributed by atoms with E-state index in [4.69, 9.17) is 10.2 Å². The molecule has 0 bridgehead atoms. The largest absolute Gasteiger partial charge is 0.390 e. The Morgan fingerprint density at radius 3 is 2.36 bits per heavy atom. The average molecular weight is 160 g/mol. The lowest BCUT2D eigenvalue weighted by molar-refractivity contribution is -0.152. The van der Waals surface area contributed by atoms with Crippen molar-refractivity contribution in [2.75, 3.05) is 0 Å². The summed E-state index contributed by atoms with van der Waals surface area (Å²) >= 11 is 0. The van der Waals surface area contributed by atoms with Crippen molar-refractivity contribution in [3.63, 3.8) is 0 Å². The summed E-state index contributed by atoms with van der Waals surface area (Å²) in [4.78, 5) is 10.8. The Kier molecular flexibility index (Phi) is 2.27. The molecule has 0 aromatic rings. The van der Waals surface area contributed by atoms with Crippen molar-refractivity contribution < 1.29 is 20.1 Å². The monoisotopic (exact) mass is 160 g/mol. The lowest BCUT2D eigenvalue weighted by atomic mass is 9.83. The number of aliphatic hydroxyl groups excluding tert-OH is 3. The van der Waals surface area contributed by atoms with E-state index < -0.39 is 24.1 Å². The van der Waals surface area contributed by atoms with E-state index >= 15 is 0 Å². The van der Waals surface area contributed by atoms with E-state index in [1.54, 1.807) is 6.92 Å². The summed E-state index contributed by atoms with van der Waals surface area (Å²) in [5, 5.41) is 27.2. The molecule has 0 unspecified atom stereocenters. The first kappa shape index (κ1) is 8.64. The molecule has 0 spiro atoms. The zero-order valence-corrected chi connectivity index (χ0v) is 6.27. The van der Waals surface area contributed by atoms with Gasteiger partial charge in [-0.15, -0.1) is 0 Å². The summed E-state index contributed by atoms with van der Waals surface area (Å²) in [7, 11) is 0. The van der Waals surface area contributed by atoms with Gasteiger partial charge in [-0.1, -0.05) is 6.92 Å². The number of carbonyl (C=O) groups excluding carboxylic acids is 1. The minimum Gasteiger partial charge on any atom is -0.390 e. The molecule has 4 heteroatoms. The van der Waals surface area contributed by atoms with Gasteiger partial charge in [-0.2, -0.15) is 0 Å². The van der Waals surface area contributed by atoms with Gasteiger partial charge in [0.15, 0.2) is 5.78 Å². The summed E-state index contributed by atoms with van der Waals surface area (Å²) in [5.41, 5.74) is 0. The second-order valence-corrected chi connectivity index (χ2v) is 3.07. The molecule has 1 fully saturated rings. The highest BCUT2D eigenvalue weighted by molar-refractivity contribution is 5.84. The fourth-order valence-corrected chi connectivity index (χ4v) is 1.27. The van der Waals surface area contributed by atoms with Gasteiger partial charge in [0.2, 0.25) is 0 Å². The van der Waals surface area contributed by atoms with E-state index in [1.165, 1.54) is 0 Å². The van der Waals surface area contributed by atoms with Crippen LogP contribution in [-0.2, 0) is 4.79 Å². The van der Waals surface area contributed by atoms with Crippen LogP contribution in [0.3, 0.4) is 0 Å². The molecular weight excluding hydrogens is 148 g/mol. The molecule has 0 aromatic heterocycles. The normalized spacial score (nSPS) is 46.0. The van der Waals surface area contributed by atoms with Gasteiger partial charge in [0.05, 0.1) is 6.10 Å². The first-order valence-electron chi connectivity index (χ1n) is 3.61. The Morgan fingerprint density at radius 1 is 1.27 bits per heavy atom. The van der Waals surface area contributed by atoms with Gasteiger partial charge in [0, 0.05) is 6.42 Å². The molecule has 4 atom stereocenters. The molecule has 0 radical (unpaired) electrons. The van der Waals surface area contributed by atoms with Crippen LogP contribution in [0.25, 0.3) is 0 Å². The first-order chi connectivity index (χ1) is 5.04. The number of hydrogen-bond donors (Lipinski definition) is 3. The number of rotatable bonds is 0. The third-order valence-corrected chi connectivity index (χ3v) is 2.11. The molecule has 0 heterocycles. The fraction of sp³-hybridized carbons (Fsp3) is 0.857. The molecule has 0 aliphatic heterocycles. The molecule has 0 saturated heterocycles. The predicted octanol–water partition coefficient (Wildman–Crippen LogP) is -1.32. The zero-order chi connectivity index (χ0) is 8.59. The number of Topliss-reactive ketones (excluding diaryl/α,β-unsaturated/α-hetero) is 1. The molecule has 0 aromatic carbocycles. The Balaban J connectivity index is 2.70. The van der Waals surface area contributed by atoms with E-state index in [0.717, 1.165) is 0 Å². The van der Waals surface area contributed by atoms with Crippen LogP contribution in [-0.4, -0.2) is 39.4 Å². The Morgan fingerprint density at radius 2 is 1.82 bits per heavy atom. The Labute approximate surface area is 64.5 Å². The van der Waals surface area contributed by atoms with Gasteiger partial charge in [0.25, 0.3) is 0 Å². The fourth-order valence-electron chi connectivity index (χ4n) is 1.27. The summed E-state index contributed by atoms with van der Waals surface area (Å²) < 4.78 is 0. The third-order valence-electron chi connectivity index (χ3n) is 2.11. The highest BCUT2D eigenvalue weighted by Gasteiger charge is 2.39. The lowest BCUT2D eigenvalue weighted by Gasteiger charge is -2.31. The molecule has 11 heavy (non-hydrogen) atoms. The molecule has 4 nitrogen and oxygen atoms in total. The Bertz CT molecular complexity index is 168. The van der Waals surface area contributed by atoms with Crippen LogP contribution in [0.5, 0.6) is 0 Å². The summed E-state index contributed by atoms with van der Waals surface area (Å²) in [6, 6.07) is 0. The van der Waals surface area contributed by atoms with Crippen LogP contribution in [0, 0.1) is 5.92 Å². The second-order valence-electron chi connectivity index (χ2n) is 3.07. The SMILES string of the molecule is C[C@@H]1CC(=O)[C@@H](O)[C@H](O)[C@@H]1O. The third kappa shape index (κ3) is 1.42. The maximum atomic E-state index is 10.8. The quantitative estimate of drug-likeness (QED) is 0.410. The Hall–Kier alpha value is -0.450. The topological polar surface area (TPSA) is 77.8 Å². The van der Waals surface area contributed by atoms with Crippen LogP contribution >= 0.6 is 0 Å². The van der Waals surface area contributed by atoms with E-state index in [0.29, 0.717) is 0 Å². The molecule has 1 rings (SSSR count). The van der Waals surface area contributed by atoms with Crippen molar-refractivity contribution in [1.82, 2.24) is 0 Å². The molecule has 3 N–H and O–H groups in total. The minimum atomic E-state index is -1.40. The van der Waals surface area contributed by atoms with Gasteiger partial charge in [-0.25, -0.2) is 0 Å². The van der Waals surface area contributed by atoms with Gasteiger partial charge in [-0.3, -0.25) is 4.79 Å². The van der Waals surface area contributed by atoms with Crippen LogP contribution in [0.1, 0.15) is 13.3 Å². The van der Waals surface area contributed by atoms with Crippen molar-refractivity contribution in [1.29, 1.82) is 0 Å². The van der Waals surface area contributed by atoms with E-state index in [1.807, 2.05) is 0 Å². The van der Waals surface area contributed by atoms with Gasteiger partial charge in [-0.05, 0) is 5.92 Å².